The van der Waals surface area contributed by atoms with Gasteiger partial charge in [0.05, 0.1) is 19.8 Å². The first-order chi connectivity index (χ1) is 28.9. The van der Waals surface area contributed by atoms with Gasteiger partial charge in [0.15, 0.2) is 6.29 Å². The summed E-state index contributed by atoms with van der Waals surface area (Å²) in [5.41, 5.74) is 0. The van der Waals surface area contributed by atoms with Crippen molar-refractivity contribution in [1.82, 2.24) is 0 Å². The third-order valence-corrected chi connectivity index (χ3v) is 11.3. The summed E-state index contributed by atoms with van der Waals surface area (Å²) < 4.78 is 22.8. The van der Waals surface area contributed by atoms with Gasteiger partial charge in [0.25, 0.3) is 0 Å². The molecule has 0 aromatic carbocycles. The zero-order chi connectivity index (χ0) is 42.9. The molecule has 0 amide bonds. The zero-order valence-electron chi connectivity index (χ0n) is 38.0. The predicted molar refractivity (Wildman–Crippen MR) is 242 cm³/mol. The molecule has 9 heteroatoms. The third-order valence-electron chi connectivity index (χ3n) is 11.3. The van der Waals surface area contributed by atoms with Gasteiger partial charge >= 0.3 is 5.97 Å². The summed E-state index contributed by atoms with van der Waals surface area (Å²) >= 11 is 0. The third kappa shape index (κ3) is 32.7. The number of allylic oxidation sites excluding steroid dienone is 6. The summed E-state index contributed by atoms with van der Waals surface area (Å²) in [7, 11) is 0. The largest absolute Gasteiger partial charge is 0.457 e. The smallest absolute Gasteiger partial charge is 0.306 e. The van der Waals surface area contributed by atoms with Crippen molar-refractivity contribution in [1.29, 1.82) is 0 Å². The number of carbonyl (C=O) groups is 1. The fourth-order valence-corrected chi connectivity index (χ4v) is 7.40. The van der Waals surface area contributed by atoms with Gasteiger partial charge in [-0.25, -0.2) is 0 Å². The van der Waals surface area contributed by atoms with Crippen LogP contribution in [-0.4, -0.2) is 89.6 Å². The predicted octanol–water partition coefficient (Wildman–Crippen LogP) is 11.5. The molecule has 0 spiro atoms. The lowest BCUT2D eigenvalue weighted by Gasteiger charge is -2.39. The van der Waals surface area contributed by atoms with E-state index in [1.54, 1.807) is 0 Å². The maximum Gasteiger partial charge on any atom is 0.306 e. The van der Waals surface area contributed by atoms with Crippen molar-refractivity contribution in [2.45, 2.75) is 250 Å². The van der Waals surface area contributed by atoms with Gasteiger partial charge in [-0.15, -0.1) is 0 Å². The lowest BCUT2D eigenvalue weighted by atomic mass is 9.99. The van der Waals surface area contributed by atoms with Crippen LogP contribution in [0.25, 0.3) is 0 Å². The van der Waals surface area contributed by atoms with E-state index < -0.39 is 43.4 Å². The molecule has 1 aliphatic rings. The van der Waals surface area contributed by atoms with Crippen LogP contribution in [0.4, 0.5) is 0 Å². The van der Waals surface area contributed by atoms with Crippen LogP contribution in [0.3, 0.4) is 0 Å². The number of hydrogen-bond acceptors (Lipinski definition) is 9. The van der Waals surface area contributed by atoms with E-state index in [0.717, 1.165) is 51.4 Å². The first kappa shape index (κ1) is 55.4. The van der Waals surface area contributed by atoms with Crippen LogP contribution in [0, 0.1) is 0 Å². The summed E-state index contributed by atoms with van der Waals surface area (Å²) in [5, 5.41) is 40.1. The van der Waals surface area contributed by atoms with Gasteiger partial charge in [-0.3, -0.25) is 4.79 Å². The van der Waals surface area contributed by atoms with Crippen LogP contribution in [0.5, 0.6) is 0 Å². The Morgan fingerprint density at radius 1 is 0.542 bits per heavy atom. The number of carbonyl (C=O) groups excluding carboxylic acids is 1. The van der Waals surface area contributed by atoms with E-state index in [1.807, 2.05) is 0 Å². The zero-order valence-corrected chi connectivity index (χ0v) is 38.0. The number of rotatable bonds is 42. The van der Waals surface area contributed by atoms with Crippen molar-refractivity contribution < 1.29 is 44.2 Å². The van der Waals surface area contributed by atoms with E-state index in [1.165, 1.54) is 141 Å². The SMILES string of the molecule is CCCCC/C=C\CCCCCCCC(=O)OC(COCCCCCCCCCCCCCC/C=C\C/C=C\CCCCCCC)COC1OC(CO)C(O)C(O)C1O. The van der Waals surface area contributed by atoms with Gasteiger partial charge in [-0.2, -0.15) is 0 Å². The van der Waals surface area contributed by atoms with E-state index in [9.17, 15) is 25.2 Å². The van der Waals surface area contributed by atoms with E-state index in [0.29, 0.717) is 13.0 Å². The lowest BCUT2D eigenvalue weighted by molar-refractivity contribution is -0.305. The monoisotopic (exact) mass is 837 g/mol. The molecule has 1 rings (SSSR count). The highest BCUT2D eigenvalue weighted by molar-refractivity contribution is 5.69. The Kier molecular flexibility index (Phi) is 39.2. The molecule has 0 saturated carbocycles. The number of aliphatic hydroxyl groups is 4. The molecule has 1 aliphatic heterocycles. The van der Waals surface area contributed by atoms with Crippen LogP contribution in [0.15, 0.2) is 36.5 Å². The topological polar surface area (TPSA) is 135 Å². The van der Waals surface area contributed by atoms with Crippen LogP contribution in [0.2, 0.25) is 0 Å². The Hall–Kier alpha value is -1.59. The Morgan fingerprint density at radius 2 is 0.983 bits per heavy atom. The molecule has 0 aromatic heterocycles. The Balaban J connectivity index is 2.17. The molecule has 0 radical (unpaired) electrons. The second-order valence-electron chi connectivity index (χ2n) is 16.9. The van der Waals surface area contributed by atoms with Crippen LogP contribution < -0.4 is 0 Å². The minimum absolute atomic E-state index is 0.116. The van der Waals surface area contributed by atoms with Gasteiger partial charge in [0.2, 0.25) is 0 Å². The van der Waals surface area contributed by atoms with Gasteiger partial charge in [-0.05, 0) is 70.6 Å². The Bertz CT molecular complexity index is 999. The Morgan fingerprint density at radius 3 is 1.51 bits per heavy atom. The number of aliphatic hydroxyl groups excluding tert-OH is 4. The fraction of sp³-hybridized carbons (Fsp3) is 0.860. The highest BCUT2D eigenvalue weighted by Gasteiger charge is 2.44. The molecule has 346 valence electrons. The highest BCUT2D eigenvalue weighted by atomic mass is 16.7. The van der Waals surface area contributed by atoms with Gasteiger partial charge in [0.1, 0.15) is 30.5 Å². The first-order valence-electron chi connectivity index (χ1n) is 24.6. The summed E-state index contributed by atoms with van der Waals surface area (Å²) in [6.07, 6.45) is 43.2. The minimum Gasteiger partial charge on any atom is -0.457 e. The molecule has 1 fully saturated rings. The van der Waals surface area contributed by atoms with Crippen molar-refractivity contribution in [2.75, 3.05) is 26.4 Å². The van der Waals surface area contributed by atoms with E-state index in [4.69, 9.17) is 18.9 Å². The summed E-state index contributed by atoms with van der Waals surface area (Å²) in [5.74, 6) is -0.323. The van der Waals surface area contributed by atoms with E-state index in [-0.39, 0.29) is 19.2 Å². The summed E-state index contributed by atoms with van der Waals surface area (Å²) in [4.78, 5) is 12.8. The van der Waals surface area contributed by atoms with Gasteiger partial charge < -0.3 is 39.4 Å². The highest BCUT2D eigenvalue weighted by Crippen LogP contribution is 2.23. The molecular formula is C50H92O9. The molecular weight excluding hydrogens is 745 g/mol. The van der Waals surface area contributed by atoms with Gasteiger partial charge in [0, 0.05) is 13.0 Å². The normalized spacial score (nSPS) is 20.4. The number of unbranched alkanes of at least 4 members (excludes halogenated alkanes) is 25. The fourth-order valence-electron chi connectivity index (χ4n) is 7.40. The molecule has 0 bridgehead atoms. The maximum atomic E-state index is 12.8. The number of esters is 1. The van der Waals surface area contributed by atoms with Crippen LogP contribution >= 0.6 is 0 Å². The quantitative estimate of drug-likeness (QED) is 0.0269. The first-order valence-corrected chi connectivity index (χ1v) is 24.6. The molecule has 59 heavy (non-hydrogen) atoms. The molecule has 6 unspecified atom stereocenters. The average molecular weight is 837 g/mol. The molecule has 1 heterocycles. The summed E-state index contributed by atoms with van der Waals surface area (Å²) in [6.45, 7) is 4.52. The Labute approximate surface area is 361 Å². The molecule has 9 nitrogen and oxygen atoms in total. The molecule has 6 atom stereocenters. The molecule has 1 saturated heterocycles. The van der Waals surface area contributed by atoms with E-state index >= 15 is 0 Å². The second kappa shape index (κ2) is 41.7. The van der Waals surface area contributed by atoms with Crippen molar-refractivity contribution in [2.24, 2.45) is 0 Å². The van der Waals surface area contributed by atoms with Crippen molar-refractivity contribution in [3.8, 4) is 0 Å². The van der Waals surface area contributed by atoms with Gasteiger partial charge in [-0.1, -0.05) is 172 Å². The van der Waals surface area contributed by atoms with Crippen molar-refractivity contribution >= 4 is 5.97 Å². The van der Waals surface area contributed by atoms with E-state index in [2.05, 4.69) is 50.3 Å². The van der Waals surface area contributed by atoms with Crippen LogP contribution in [0.1, 0.15) is 213 Å². The number of ether oxygens (including phenoxy) is 4. The maximum absolute atomic E-state index is 12.8. The lowest BCUT2D eigenvalue weighted by Crippen LogP contribution is -2.59. The number of hydrogen-bond donors (Lipinski definition) is 4. The van der Waals surface area contributed by atoms with Crippen LogP contribution in [-0.2, 0) is 23.7 Å². The molecule has 0 aromatic rings. The minimum atomic E-state index is -1.54. The standard InChI is InChI=1S/C50H92O9/c1-3-5-7-9-11-13-15-17-18-19-20-21-22-23-24-25-26-27-28-30-32-34-36-38-40-56-42-44(43-57-50-49(55)48(54)47(53)45(41-51)59-50)58-46(52)39-37-35-33-31-29-16-14-12-10-8-6-4-2/h12,14-15,17,19-20,44-45,47-51,53-55H,3-11,13,16,18,21-43H2,1-2H3/b14-12-,17-15-,20-19-. The second-order valence-corrected chi connectivity index (χ2v) is 16.9. The average Bonchev–Trinajstić information content (AvgIpc) is 3.24. The van der Waals surface area contributed by atoms with Crippen molar-refractivity contribution in [3.05, 3.63) is 36.5 Å². The molecule has 0 aliphatic carbocycles. The van der Waals surface area contributed by atoms with Crippen molar-refractivity contribution in [3.63, 3.8) is 0 Å². The molecule has 4 N–H and O–H groups in total. The summed E-state index contributed by atoms with van der Waals surface area (Å²) in [6, 6.07) is 0.